The number of nitrogens with zero attached hydrogens (tertiary/aromatic N) is 4. The highest BCUT2D eigenvalue weighted by Gasteiger charge is 2.22. The third-order valence-corrected chi connectivity index (χ3v) is 7.27. The van der Waals surface area contributed by atoms with Gasteiger partial charge in [-0.25, -0.2) is 9.97 Å². The Labute approximate surface area is 183 Å². The van der Waals surface area contributed by atoms with E-state index in [0.717, 1.165) is 31.4 Å². The number of hydrogen-bond donors (Lipinski definition) is 0. The van der Waals surface area contributed by atoms with Crippen molar-refractivity contribution in [2.75, 3.05) is 26.5 Å². The van der Waals surface area contributed by atoms with Crippen LogP contribution >= 0.6 is 23.1 Å². The first-order valence-corrected chi connectivity index (χ1v) is 11.6. The van der Waals surface area contributed by atoms with Crippen LogP contribution in [0.1, 0.15) is 18.0 Å². The summed E-state index contributed by atoms with van der Waals surface area (Å²) in [7, 11) is 3.53. The monoisotopic (exact) mass is 440 g/mol. The van der Waals surface area contributed by atoms with E-state index >= 15 is 0 Å². The third-order valence-electron chi connectivity index (χ3n) is 5.11. The number of thiazole rings is 1. The second-order valence-electron chi connectivity index (χ2n) is 7.02. The molecule has 0 fully saturated rings. The van der Waals surface area contributed by atoms with E-state index < -0.39 is 0 Å². The van der Waals surface area contributed by atoms with Gasteiger partial charge in [0.1, 0.15) is 5.01 Å². The minimum atomic E-state index is -0.0807. The number of imidazole rings is 1. The molecule has 8 heteroatoms. The first kappa shape index (κ1) is 20.8. The van der Waals surface area contributed by atoms with Gasteiger partial charge in [-0.05, 0) is 31.2 Å². The Morgan fingerprint density at radius 1 is 1.17 bits per heavy atom. The summed E-state index contributed by atoms with van der Waals surface area (Å²) in [5, 5.41) is 1.78. The quantitative estimate of drug-likeness (QED) is 0.375. The lowest BCUT2D eigenvalue weighted by atomic mass is 10.3. The number of aromatic nitrogens is 3. The van der Waals surface area contributed by atoms with Gasteiger partial charge in [0.25, 0.3) is 0 Å². The van der Waals surface area contributed by atoms with Crippen molar-refractivity contribution in [1.82, 2.24) is 19.4 Å². The number of carbonyl (C=O) groups is 1. The molecule has 2 heterocycles. The lowest BCUT2D eigenvalue weighted by Gasteiger charge is -2.23. The van der Waals surface area contributed by atoms with Crippen LogP contribution in [0.3, 0.4) is 0 Å². The minimum absolute atomic E-state index is 0.0529. The summed E-state index contributed by atoms with van der Waals surface area (Å²) in [6, 6.07) is 16.0. The van der Waals surface area contributed by atoms with E-state index in [1.54, 1.807) is 23.3 Å². The van der Waals surface area contributed by atoms with Crippen LogP contribution in [-0.4, -0.2) is 51.9 Å². The van der Waals surface area contributed by atoms with Crippen molar-refractivity contribution >= 4 is 50.3 Å². The average molecular weight is 441 g/mol. The van der Waals surface area contributed by atoms with E-state index in [2.05, 4.69) is 10.6 Å². The molecule has 1 atom stereocenters. The molecule has 0 aliphatic carbocycles. The summed E-state index contributed by atoms with van der Waals surface area (Å²) < 4.78 is 8.51. The highest BCUT2D eigenvalue weighted by molar-refractivity contribution is 7.99. The first-order valence-electron chi connectivity index (χ1n) is 9.76. The van der Waals surface area contributed by atoms with Gasteiger partial charge in [-0.15, -0.1) is 11.3 Å². The zero-order chi connectivity index (χ0) is 21.1. The van der Waals surface area contributed by atoms with E-state index in [1.165, 1.54) is 11.8 Å². The van der Waals surface area contributed by atoms with Gasteiger partial charge in [0.2, 0.25) is 5.91 Å². The Balaban J connectivity index is 1.47. The van der Waals surface area contributed by atoms with Gasteiger partial charge in [0.15, 0.2) is 5.16 Å². The van der Waals surface area contributed by atoms with Gasteiger partial charge in [-0.2, -0.15) is 0 Å². The van der Waals surface area contributed by atoms with Crippen molar-refractivity contribution in [3.8, 4) is 0 Å². The number of methoxy groups -OCH3 is 1. The molecule has 2 aromatic carbocycles. The molecule has 156 valence electrons. The molecule has 4 rings (SSSR count). The number of hydrogen-bond acceptors (Lipinski definition) is 6. The molecular formula is C22H24N4O2S2. The second-order valence-corrected chi connectivity index (χ2v) is 9.02. The molecule has 1 amide bonds. The molecule has 2 aromatic heterocycles. The van der Waals surface area contributed by atoms with E-state index in [0.29, 0.717) is 18.9 Å². The predicted molar refractivity (Wildman–Crippen MR) is 123 cm³/mol. The Bertz CT molecular complexity index is 1140. The number of amides is 1. The number of benzene rings is 2. The number of thioether (sulfide) groups is 1. The SMILES string of the molecule is COCCn1c(SCC(=O)N(C)C(C)c2nc3ccccc3s2)nc2ccccc21. The second kappa shape index (κ2) is 9.16. The smallest absolute Gasteiger partial charge is 0.233 e. The predicted octanol–water partition coefficient (Wildman–Crippen LogP) is 4.60. The van der Waals surface area contributed by atoms with Crippen LogP contribution < -0.4 is 0 Å². The lowest BCUT2D eigenvalue weighted by molar-refractivity contribution is -0.128. The van der Waals surface area contributed by atoms with E-state index in [1.807, 2.05) is 56.4 Å². The molecule has 0 spiro atoms. The Hall–Kier alpha value is -2.42. The van der Waals surface area contributed by atoms with E-state index in [9.17, 15) is 4.79 Å². The maximum Gasteiger partial charge on any atom is 0.233 e. The average Bonchev–Trinajstić information content (AvgIpc) is 3.36. The third kappa shape index (κ3) is 4.21. The van der Waals surface area contributed by atoms with Crippen molar-refractivity contribution in [3.05, 3.63) is 53.5 Å². The van der Waals surface area contributed by atoms with Crippen molar-refractivity contribution in [2.24, 2.45) is 0 Å². The molecule has 1 unspecified atom stereocenters. The van der Waals surface area contributed by atoms with Gasteiger partial charge in [-0.1, -0.05) is 36.0 Å². The van der Waals surface area contributed by atoms with Gasteiger partial charge in [0, 0.05) is 20.7 Å². The van der Waals surface area contributed by atoms with Crippen molar-refractivity contribution < 1.29 is 9.53 Å². The zero-order valence-electron chi connectivity index (χ0n) is 17.2. The van der Waals surface area contributed by atoms with Crippen LogP contribution in [0, 0.1) is 0 Å². The Morgan fingerprint density at radius 2 is 1.90 bits per heavy atom. The van der Waals surface area contributed by atoms with Gasteiger partial charge in [0.05, 0.1) is 39.7 Å². The topological polar surface area (TPSA) is 60.2 Å². The summed E-state index contributed by atoms with van der Waals surface area (Å²) >= 11 is 3.10. The van der Waals surface area contributed by atoms with Gasteiger partial charge < -0.3 is 14.2 Å². The molecule has 0 aliphatic rings. The Morgan fingerprint density at radius 3 is 2.67 bits per heavy atom. The van der Waals surface area contributed by atoms with Crippen molar-refractivity contribution in [3.63, 3.8) is 0 Å². The lowest BCUT2D eigenvalue weighted by Crippen LogP contribution is -2.31. The van der Waals surface area contributed by atoms with E-state index in [-0.39, 0.29) is 11.9 Å². The molecule has 0 bridgehead atoms. The maximum atomic E-state index is 12.9. The summed E-state index contributed by atoms with van der Waals surface area (Å²) in [6.07, 6.45) is 0. The fraction of sp³-hybridized carbons (Fsp3) is 0.318. The summed E-state index contributed by atoms with van der Waals surface area (Å²) in [6.45, 7) is 3.32. The number of rotatable bonds is 8. The highest BCUT2D eigenvalue weighted by atomic mass is 32.2. The molecule has 0 radical (unpaired) electrons. The van der Waals surface area contributed by atoms with Crippen LogP contribution in [0.5, 0.6) is 0 Å². The van der Waals surface area contributed by atoms with Crippen LogP contribution in [0.25, 0.3) is 21.3 Å². The fourth-order valence-electron chi connectivity index (χ4n) is 3.24. The zero-order valence-corrected chi connectivity index (χ0v) is 18.9. The van der Waals surface area contributed by atoms with Crippen LogP contribution in [-0.2, 0) is 16.1 Å². The van der Waals surface area contributed by atoms with Crippen LogP contribution in [0.15, 0.2) is 53.7 Å². The molecule has 4 aromatic rings. The molecule has 0 saturated carbocycles. The highest BCUT2D eigenvalue weighted by Crippen LogP contribution is 2.30. The van der Waals surface area contributed by atoms with Gasteiger partial charge in [-0.3, -0.25) is 4.79 Å². The van der Waals surface area contributed by atoms with Crippen LogP contribution in [0.4, 0.5) is 0 Å². The first-order chi connectivity index (χ1) is 14.6. The number of carbonyl (C=O) groups excluding carboxylic acids is 1. The molecule has 30 heavy (non-hydrogen) atoms. The summed E-state index contributed by atoms with van der Waals surface area (Å²) in [5.74, 6) is 0.374. The largest absolute Gasteiger partial charge is 0.383 e. The van der Waals surface area contributed by atoms with Crippen molar-refractivity contribution in [1.29, 1.82) is 0 Å². The molecule has 0 N–H and O–H groups in total. The minimum Gasteiger partial charge on any atom is -0.383 e. The fourth-order valence-corrected chi connectivity index (χ4v) is 5.27. The number of ether oxygens (including phenoxy) is 1. The molecule has 0 aliphatic heterocycles. The van der Waals surface area contributed by atoms with Crippen LogP contribution in [0.2, 0.25) is 0 Å². The molecule has 0 saturated heterocycles. The molecule has 6 nitrogen and oxygen atoms in total. The van der Waals surface area contributed by atoms with Crippen molar-refractivity contribution in [2.45, 2.75) is 24.7 Å². The standard InChI is InChI=1S/C22H24N4O2S2/c1-15(21-23-17-9-5-7-11-19(17)30-21)25(2)20(27)14-29-22-24-16-8-4-6-10-18(16)26(22)12-13-28-3/h4-11,15H,12-14H2,1-3H3. The summed E-state index contributed by atoms with van der Waals surface area (Å²) in [4.78, 5) is 24.1. The Kier molecular flexibility index (Phi) is 6.36. The normalized spacial score (nSPS) is 12.5. The van der Waals surface area contributed by atoms with E-state index in [4.69, 9.17) is 14.7 Å². The number of para-hydroxylation sites is 3. The van der Waals surface area contributed by atoms with Gasteiger partial charge >= 0.3 is 0 Å². The molecular weight excluding hydrogens is 416 g/mol. The maximum absolute atomic E-state index is 12.9. The number of fused-ring (bicyclic) bond motifs is 2. The summed E-state index contributed by atoms with van der Waals surface area (Å²) in [5.41, 5.74) is 2.96.